The molecular formula is C10H19N2+. The number of rotatable bonds is 3. The minimum Gasteiger partial charge on any atom is -0.245 e. The van der Waals surface area contributed by atoms with Gasteiger partial charge in [0.1, 0.15) is 11.4 Å². The Morgan fingerprint density at radius 1 is 1.08 bits per heavy atom. The van der Waals surface area contributed by atoms with Crippen LogP contribution in [0.25, 0.3) is 0 Å². The van der Waals surface area contributed by atoms with E-state index >= 15 is 0 Å². The molecule has 68 valence electrons. The van der Waals surface area contributed by atoms with E-state index in [0.29, 0.717) is 0 Å². The standard InChI is InChI=1S/C10H18N2/c1-5-8-9(6-2)12(4)10(7-3)11-8/h5-7H2,1-4H3/p+1. The Kier molecular flexibility index (Phi) is 2.90. The van der Waals surface area contributed by atoms with E-state index in [2.05, 4.69) is 37.4 Å². The zero-order valence-electron chi connectivity index (χ0n) is 8.57. The average molecular weight is 167 g/mol. The smallest absolute Gasteiger partial charge is 0.245 e. The summed E-state index contributed by atoms with van der Waals surface area (Å²) in [6.07, 6.45) is 3.32. The summed E-state index contributed by atoms with van der Waals surface area (Å²) in [6, 6.07) is 0. The number of hydrogen-bond donors (Lipinski definition) is 1. The first-order valence-corrected chi connectivity index (χ1v) is 4.83. The monoisotopic (exact) mass is 167 g/mol. The van der Waals surface area contributed by atoms with Crippen molar-refractivity contribution in [3.63, 3.8) is 0 Å². The lowest BCUT2D eigenvalue weighted by Gasteiger charge is -1.93. The lowest BCUT2D eigenvalue weighted by atomic mass is 10.2. The van der Waals surface area contributed by atoms with Crippen molar-refractivity contribution in [1.29, 1.82) is 0 Å². The molecule has 0 saturated carbocycles. The summed E-state index contributed by atoms with van der Waals surface area (Å²) in [6.45, 7) is 6.59. The molecule has 0 bridgehead atoms. The molecule has 0 radical (unpaired) electrons. The molecule has 0 unspecified atom stereocenters. The van der Waals surface area contributed by atoms with Crippen LogP contribution in [-0.4, -0.2) is 4.98 Å². The molecule has 0 aliphatic carbocycles. The Morgan fingerprint density at radius 2 is 1.75 bits per heavy atom. The van der Waals surface area contributed by atoms with Gasteiger partial charge in [-0.15, -0.1) is 0 Å². The second-order valence-corrected chi connectivity index (χ2v) is 3.12. The molecular weight excluding hydrogens is 148 g/mol. The van der Waals surface area contributed by atoms with Crippen LogP contribution in [0.15, 0.2) is 0 Å². The lowest BCUT2D eigenvalue weighted by Crippen LogP contribution is -2.35. The fraction of sp³-hybridized carbons (Fsp3) is 0.700. The Labute approximate surface area is 74.6 Å². The number of nitrogens with one attached hydrogen (secondary N) is 1. The van der Waals surface area contributed by atoms with Gasteiger partial charge in [0.25, 0.3) is 5.82 Å². The quantitative estimate of drug-likeness (QED) is 0.659. The predicted molar refractivity (Wildman–Crippen MR) is 50.1 cm³/mol. The molecule has 0 aromatic carbocycles. The van der Waals surface area contributed by atoms with Gasteiger partial charge in [0.15, 0.2) is 0 Å². The van der Waals surface area contributed by atoms with Crippen molar-refractivity contribution in [3.8, 4) is 0 Å². The highest BCUT2D eigenvalue weighted by Gasteiger charge is 2.16. The first-order valence-electron chi connectivity index (χ1n) is 4.83. The number of aromatic nitrogens is 2. The number of H-pyrrole nitrogens is 1. The van der Waals surface area contributed by atoms with Gasteiger partial charge in [-0.3, -0.25) is 0 Å². The Hall–Kier alpha value is -0.790. The molecule has 0 spiro atoms. The van der Waals surface area contributed by atoms with Crippen molar-refractivity contribution >= 4 is 0 Å². The van der Waals surface area contributed by atoms with Gasteiger partial charge in [0.05, 0.1) is 7.05 Å². The fourth-order valence-corrected chi connectivity index (χ4v) is 1.76. The minimum atomic E-state index is 1.09. The lowest BCUT2D eigenvalue weighted by molar-refractivity contribution is -0.685. The third-order valence-electron chi connectivity index (χ3n) is 2.48. The van der Waals surface area contributed by atoms with Crippen molar-refractivity contribution in [3.05, 3.63) is 17.2 Å². The van der Waals surface area contributed by atoms with E-state index in [9.17, 15) is 0 Å². The molecule has 0 aliphatic rings. The van der Waals surface area contributed by atoms with Crippen molar-refractivity contribution in [2.75, 3.05) is 0 Å². The summed E-state index contributed by atoms with van der Waals surface area (Å²) in [5, 5.41) is 0. The first-order chi connectivity index (χ1) is 5.74. The summed E-state index contributed by atoms with van der Waals surface area (Å²) in [5.74, 6) is 1.34. The van der Waals surface area contributed by atoms with Crippen LogP contribution in [0.2, 0.25) is 0 Å². The van der Waals surface area contributed by atoms with E-state index in [0.717, 1.165) is 19.3 Å². The van der Waals surface area contributed by atoms with Crippen LogP contribution in [0.4, 0.5) is 0 Å². The Morgan fingerprint density at radius 3 is 2.08 bits per heavy atom. The fourth-order valence-electron chi connectivity index (χ4n) is 1.76. The summed E-state index contributed by atoms with van der Waals surface area (Å²) < 4.78 is 2.29. The summed E-state index contributed by atoms with van der Waals surface area (Å²) >= 11 is 0. The van der Waals surface area contributed by atoms with E-state index < -0.39 is 0 Å². The second-order valence-electron chi connectivity index (χ2n) is 3.12. The molecule has 1 rings (SSSR count). The van der Waals surface area contributed by atoms with E-state index in [4.69, 9.17) is 0 Å². The van der Waals surface area contributed by atoms with Crippen LogP contribution in [0.5, 0.6) is 0 Å². The van der Waals surface area contributed by atoms with Gasteiger partial charge >= 0.3 is 0 Å². The zero-order valence-corrected chi connectivity index (χ0v) is 8.57. The molecule has 2 heteroatoms. The third-order valence-corrected chi connectivity index (χ3v) is 2.48. The first kappa shape index (κ1) is 9.30. The van der Waals surface area contributed by atoms with Gasteiger partial charge in [-0.1, -0.05) is 20.8 Å². The predicted octanol–water partition coefficient (Wildman–Crippen LogP) is 1.53. The van der Waals surface area contributed by atoms with Crippen LogP contribution in [-0.2, 0) is 26.3 Å². The van der Waals surface area contributed by atoms with Crippen LogP contribution < -0.4 is 4.57 Å². The van der Waals surface area contributed by atoms with Crippen molar-refractivity contribution < 1.29 is 4.57 Å². The third kappa shape index (κ3) is 1.38. The number of nitrogens with zero attached hydrogens (tertiary/aromatic N) is 1. The maximum absolute atomic E-state index is 3.46. The molecule has 0 fully saturated rings. The molecule has 0 amide bonds. The molecule has 0 saturated heterocycles. The van der Waals surface area contributed by atoms with Crippen LogP contribution in [0, 0.1) is 0 Å². The molecule has 1 heterocycles. The summed E-state index contributed by atoms with van der Waals surface area (Å²) in [4.78, 5) is 3.46. The van der Waals surface area contributed by atoms with Crippen LogP contribution >= 0.6 is 0 Å². The van der Waals surface area contributed by atoms with E-state index in [1.165, 1.54) is 17.2 Å². The van der Waals surface area contributed by atoms with Crippen molar-refractivity contribution in [2.24, 2.45) is 7.05 Å². The average Bonchev–Trinajstić information content (AvgIpc) is 2.41. The van der Waals surface area contributed by atoms with Crippen LogP contribution in [0.3, 0.4) is 0 Å². The highest BCUT2D eigenvalue weighted by Crippen LogP contribution is 2.05. The van der Waals surface area contributed by atoms with Crippen molar-refractivity contribution in [1.82, 2.24) is 4.98 Å². The van der Waals surface area contributed by atoms with E-state index in [1.54, 1.807) is 0 Å². The maximum atomic E-state index is 3.46. The Bertz CT molecular complexity index is 261. The minimum absolute atomic E-state index is 1.09. The summed E-state index contributed by atoms with van der Waals surface area (Å²) in [7, 11) is 2.15. The van der Waals surface area contributed by atoms with Gasteiger partial charge in [-0.25, -0.2) is 9.55 Å². The molecule has 1 N–H and O–H groups in total. The SMILES string of the molecule is CCc1[nH]c(CC)[n+](C)c1CC. The number of hydrogen-bond acceptors (Lipinski definition) is 0. The zero-order chi connectivity index (χ0) is 9.14. The van der Waals surface area contributed by atoms with Crippen LogP contribution in [0.1, 0.15) is 38.0 Å². The van der Waals surface area contributed by atoms with E-state index in [1.807, 2.05) is 0 Å². The van der Waals surface area contributed by atoms with Gasteiger partial charge in [0, 0.05) is 19.3 Å². The Balaban J connectivity index is 3.13. The molecule has 1 aromatic heterocycles. The van der Waals surface area contributed by atoms with Gasteiger partial charge in [-0.2, -0.15) is 0 Å². The largest absolute Gasteiger partial charge is 0.254 e. The molecule has 2 nitrogen and oxygen atoms in total. The second kappa shape index (κ2) is 3.74. The number of aromatic amines is 1. The normalized spacial score (nSPS) is 10.7. The number of imidazole rings is 1. The summed E-state index contributed by atoms with van der Waals surface area (Å²) in [5.41, 5.74) is 2.85. The highest BCUT2D eigenvalue weighted by molar-refractivity contribution is 5.07. The van der Waals surface area contributed by atoms with Crippen molar-refractivity contribution in [2.45, 2.75) is 40.0 Å². The van der Waals surface area contributed by atoms with Gasteiger partial charge in [0.2, 0.25) is 0 Å². The number of aryl methyl sites for hydroxylation is 2. The van der Waals surface area contributed by atoms with Gasteiger partial charge in [-0.05, 0) is 0 Å². The molecule has 12 heavy (non-hydrogen) atoms. The van der Waals surface area contributed by atoms with E-state index in [-0.39, 0.29) is 0 Å². The topological polar surface area (TPSA) is 19.7 Å². The molecule has 1 aromatic rings. The molecule has 0 atom stereocenters. The maximum Gasteiger partial charge on any atom is 0.254 e. The molecule has 0 aliphatic heterocycles. The van der Waals surface area contributed by atoms with Gasteiger partial charge < -0.3 is 0 Å². The highest BCUT2D eigenvalue weighted by atomic mass is 15.1.